The van der Waals surface area contributed by atoms with Crippen LogP contribution in [0.15, 0.2) is 18.2 Å². The molecule has 0 aromatic heterocycles. The van der Waals surface area contributed by atoms with Crippen LogP contribution in [0.25, 0.3) is 0 Å². The first-order valence-electron chi connectivity index (χ1n) is 6.08. The summed E-state index contributed by atoms with van der Waals surface area (Å²) in [4.78, 5) is 11.6. The summed E-state index contributed by atoms with van der Waals surface area (Å²) in [5.74, 6) is 0.205. The number of ether oxygens (including phenoxy) is 1. The van der Waals surface area contributed by atoms with Gasteiger partial charge in [-0.15, -0.1) is 0 Å². The van der Waals surface area contributed by atoms with Crippen LogP contribution in [0.4, 0.5) is 4.39 Å². The van der Waals surface area contributed by atoms with E-state index < -0.39 is 0 Å². The van der Waals surface area contributed by atoms with Crippen LogP contribution in [0.5, 0.6) is 5.75 Å². The number of halogens is 1. The molecule has 1 rings (SSSR count). The summed E-state index contributed by atoms with van der Waals surface area (Å²) >= 11 is 0. The van der Waals surface area contributed by atoms with E-state index in [4.69, 9.17) is 4.74 Å². The fourth-order valence-corrected chi connectivity index (χ4v) is 1.27. The van der Waals surface area contributed by atoms with E-state index in [-0.39, 0.29) is 24.4 Å². The number of nitrogens with one attached hydrogen (secondary N) is 1. The summed E-state index contributed by atoms with van der Waals surface area (Å²) in [5, 5.41) is 2.82. The third kappa shape index (κ3) is 4.35. The van der Waals surface area contributed by atoms with Crippen LogP contribution in [0.3, 0.4) is 0 Å². The van der Waals surface area contributed by atoms with Crippen molar-refractivity contribution in [3.63, 3.8) is 0 Å². The quantitative estimate of drug-likeness (QED) is 0.876. The molecule has 4 heteroatoms. The second kappa shape index (κ2) is 6.38. The Bertz CT molecular complexity index is 418. The topological polar surface area (TPSA) is 38.3 Å². The highest BCUT2D eigenvalue weighted by molar-refractivity contribution is 5.77. The number of hydrogen-bond acceptors (Lipinski definition) is 2. The predicted octanol–water partition coefficient (Wildman–Crippen LogP) is 2.67. The van der Waals surface area contributed by atoms with E-state index in [0.29, 0.717) is 17.2 Å². The predicted molar refractivity (Wildman–Crippen MR) is 69.1 cm³/mol. The van der Waals surface area contributed by atoms with Gasteiger partial charge in [-0.1, -0.05) is 19.9 Å². The molecular formula is C14H20FNO2. The SMILES string of the molecule is Cc1ccc(OCC(=O)NC(C)C(C)C)cc1F. The molecule has 100 valence electrons. The van der Waals surface area contributed by atoms with Crippen LogP contribution in [-0.4, -0.2) is 18.6 Å². The maximum absolute atomic E-state index is 13.2. The first-order chi connectivity index (χ1) is 8.40. The number of carbonyl (C=O) groups excluding carboxylic acids is 1. The Morgan fingerprint density at radius 2 is 2.06 bits per heavy atom. The zero-order valence-electron chi connectivity index (χ0n) is 11.3. The molecule has 0 fully saturated rings. The highest BCUT2D eigenvalue weighted by Gasteiger charge is 2.11. The summed E-state index contributed by atoms with van der Waals surface area (Å²) < 4.78 is 18.5. The van der Waals surface area contributed by atoms with Crippen molar-refractivity contribution in [1.82, 2.24) is 5.32 Å². The van der Waals surface area contributed by atoms with Gasteiger partial charge in [-0.25, -0.2) is 4.39 Å². The maximum Gasteiger partial charge on any atom is 0.258 e. The Hall–Kier alpha value is -1.58. The van der Waals surface area contributed by atoms with E-state index in [1.165, 1.54) is 6.07 Å². The van der Waals surface area contributed by atoms with Gasteiger partial charge in [0.05, 0.1) is 0 Å². The van der Waals surface area contributed by atoms with Crippen LogP contribution in [-0.2, 0) is 4.79 Å². The van der Waals surface area contributed by atoms with Crippen molar-refractivity contribution in [3.8, 4) is 5.75 Å². The number of amides is 1. The Morgan fingerprint density at radius 3 is 2.61 bits per heavy atom. The Morgan fingerprint density at radius 1 is 1.39 bits per heavy atom. The molecule has 1 amide bonds. The Kier molecular flexibility index (Phi) is 5.13. The van der Waals surface area contributed by atoms with Gasteiger partial charge >= 0.3 is 0 Å². The van der Waals surface area contributed by atoms with Crippen molar-refractivity contribution >= 4 is 5.91 Å². The normalized spacial score (nSPS) is 12.3. The minimum Gasteiger partial charge on any atom is -0.484 e. The van der Waals surface area contributed by atoms with Crippen molar-refractivity contribution in [2.45, 2.75) is 33.7 Å². The lowest BCUT2D eigenvalue weighted by Crippen LogP contribution is -2.38. The molecule has 1 aromatic rings. The molecule has 0 bridgehead atoms. The number of carbonyl (C=O) groups is 1. The van der Waals surface area contributed by atoms with E-state index in [2.05, 4.69) is 5.32 Å². The lowest BCUT2D eigenvalue weighted by molar-refractivity contribution is -0.124. The number of hydrogen-bond donors (Lipinski definition) is 1. The summed E-state index contributed by atoms with van der Waals surface area (Å²) in [7, 11) is 0. The highest BCUT2D eigenvalue weighted by Crippen LogP contribution is 2.15. The standard InChI is InChI=1S/C14H20FNO2/c1-9(2)11(4)16-14(17)8-18-12-6-5-10(3)13(15)7-12/h5-7,9,11H,8H2,1-4H3,(H,16,17). The van der Waals surface area contributed by atoms with E-state index in [1.54, 1.807) is 19.1 Å². The van der Waals surface area contributed by atoms with E-state index in [0.717, 1.165) is 0 Å². The molecule has 1 aromatic carbocycles. The van der Waals surface area contributed by atoms with Crippen LogP contribution in [0.2, 0.25) is 0 Å². The molecule has 18 heavy (non-hydrogen) atoms. The van der Waals surface area contributed by atoms with Gasteiger partial charge in [0.15, 0.2) is 6.61 Å². The summed E-state index contributed by atoms with van der Waals surface area (Å²) in [6.45, 7) is 7.58. The van der Waals surface area contributed by atoms with Crippen molar-refractivity contribution in [2.75, 3.05) is 6.61 Å². The molecule has 0 aliphatic rings. The van der Waals surface area contributed by atoms with Crippen molar-refractivity contribution in [1.29, 1.82) is 0 Å². The molecule has 1 atom stereocenters. The number of benzene rings is 1. The summed E-state index contributed by atoms with van der Waals surface area (Å²) in [5.41, 5.74) is 0.556. The third-order valence-electron chi connectivity index (χ3n) is 2.90. The van der Waals surface area contributed by atoms with Gasteiger partial charge in [-0.2, -0.15) is 0 Å². The minimum absolute atomic E-state index is 0.0934. The fraction of sp³-hybridized carbons (Fsp3) is 0.500. The average Bonchev–Trinajstić information content (AvgIpc) is 2.30. The maximum atomic E-state index is 13.2. The number of aryl methyl sites for hydroxylation is 1. The second-order valence-corrected chi connectivity index (χ2v) is 4.80. The Balaban J connectivity index is 2.45. The molecule has 0 spiro atoms. The van der Waals surface area contributed by atoms with Crippen molar-refractivity contribution < 1.29 is 13.9 Å². The lowest BCUT2D eigenvalue weighted by atomic mass is 10.1. The van der Waals surface area contributed by atoms with Crippen LogP contribution >= 0.6 is 0 Å². The van der Waals surface area contributed by atoms with E-state index >= 15 is 0 Å². The largest absolute Gasteiger partial charge is 0.484 e. The minimum atomic E-state index is -0.330. The smallest absolute Gasteiger partial charge is 0.258 e. The van der Waals surface area contributed by atoms with Crippen LogP contribution in [0.1, 0.15) is 26.3 Å². The van der Waals surface area contributed by atoms with Gasteiger partial charge in [0.25, 0.3) is 5.91 Å². The van der Waals surface area contributed by atoms with Gasteiger partial charge in [-0.05, 0) is 31.4 Å². The van der Waals surface area contributed by atoms with Gasteiger partial charge < -0.3 is 10.1 Å². The van der Waals surface area contributed by atoms with Gasteiger partial charge in [0, 0.05) is 12.1 Å². The fourth-order valence-electron chi connectivity index (χ4n) is 1.27. The highest BCUT2D eigenvalue weighted by atomic mass is 19.1. The zero-order valence-corrected chi connectivity index (χ0v) is 11.3. The number of rotatable bonds is 5. The van der Waals surface area contributed by atoms with Gasteiger partial charge in [0.2, 0.25) is 0 Å². The molecule has 0 saturated heterocycles. The molecule has 0 saturated carbocycles. The van der Waals surface area contributed by atoms with E-state index in [9.17, 15) is 9.18 Å². The zero-order chi connectivity index (χ0) is 13.7. The molecule has 3 nitrogen and oxygen atoms in total. The van der Waals surface area contributed by atoms with Gasteiger partial charge in [0.1, 0.15) is 11.6 Å². The first-order valence-corrected chi connectivity index (χ1v) is 6.08. The first kappa shape index (κ1) is 14.5. The van der Waals surface area contributed by atoms with Crippen molar-refractivity contribution in [2.24, 2.45) is 5.92 Å². The molecule has 0 aliphatic carbocycles. The molecule has 0 aliphatic heterocycles. The molecule has 0 radical (unpaired) electrons. The molecule has 1 unspecified atom stereocenters. The molecule has 0 heterocycles. The third-order valence-corrected chi connectivity index (χ3v) is 2.90. The summed E-state index contributed by atoms with van der Waals surface area (Å²) in [6, 6.07) is 4.65. The molecular weight excluding hydrogens is 233 g/mol. The van der Waals surface area contributed by atoms with Crippen LogP contribution in [0, 0.1) is 18.7 Å². The lowest BCUT2D eigenvalue weighted by Gasteiger charge is -2.17. The average molecular weight is 253 g/mol. The Labute approximate surface area is 107 Å². The molecule has 1 N–H and O–H groups in total. The van der Waals surface area contributed by atoms with Gasteiger partial charge in [-0.3, -0.25) is 4.79 Å². The second-order valence-electron chi connectivity index (χ2n) is 4.80. The summed E-state index contributed by atoms with van der Waals surface area (Å²) in [6.07, 6.45) is 0. The van der Waals surface area contributed by atoms with Crippen LogP contribution < -0.4 is 10.1 Å². The van der Waals surface area contributed by atoms with E-state index in [1.807, 2.05) is 20.8 Å². The monoisotopic (exact) mass is 253 g/mol. The van der Waals surface area contributed by atoms with Crippen molar-refractivity contribution in [3.05, 3.63) is 29.6 Å².